The molecule has 0 aromatic carbocycles. The fourth-order valence-electron chi connectivity index (χ4n) is 1.04. The van der Waals surface area contributed by atoms with Gasteiger partial charge in [0.1, 0.15) is 6.04 Å². The SMILES string of the molecule is CC(O)[C@@H](N)c1nnc([C@H](N)CC(N)=O)o1. The van der Waals surface area contributed by atoms with Crippen LogP contribution in [-0.4, -0.2) is 27.3 Å². The number of nitrogens with zero attached hydrogens (tertiary/aromatic N) is 2. The molecule has 0 aliphatic carbocycles. The highest BCUT2D eigenvalue weighted by molar-refractivity contribution is 5.74. The summed E-state index contributed by atoms with van der Waals surface area (Å²) in [5, 5.41) is 16.5. The van der Waals surface area contributed by atoms with Crippen LogP contribution in [0.3, 0.4) is 0 Å². The fraction of sp³-hybridized carbons (Fsp3) is 0.625. The summed E-state index contributed by atoms with van der Waals surface area (Å²) in [5.74, 6) is -0.415. The highest BCUT2D eigenvalue weighted by Gasteiger charge is 2.22. The first-order valence-electron chi connectivity index (χ1n) is 4.72. The van der Waals surface area contributed by atoms with Crippen LogP contribution in [0, 0.1) is 0 Å². The molecule has 0 aliphatic rings. The van der Waals surface area contributed by atoms with E-state index in [0.29, 0.717) is 0 Å². The summed E-state index contributed by atoms with van der Waals surface area (Å²) in [5.41, 5.74) is 16.1. The number of aromatic nitrogens is 2. The lowest BCUT2D eigenvalue weighted by Gasteiger charge is -2.09. The van der Waals surface area contributed by atoms with E-state index in [-0.39, 0.29) is 18.2 Å². The molecular formula is C8H15N5O3. The molecule has 3 atom stereocenters. The summed E-state index contributed by atoms with van der Waals surface area (Å²) in [6, 6.07) is -1.53. The largest absolute Gasteiger partial charge is 0.422 e. The third-order valence-corrected chi connectivity index (χ3v) is 2.00. The molecule has 0 saturated carbocycles. The van der Waals surface area contributed by atoms with Gasteiger partial charge in [0.25, 0.3) is 0 Å². The summed E-state index contributed by atoms with van der Waals surface area (Å²) in [4.78, 5) is 10.6. The maximum absolute atomic E-state index is 10.6. The molecule has 0 aliphatic heterocycles. The van der Waals surface area contributed by atoms with Crippen molar-refractivity contribution >= 4 is 5.91 Å². The fourth-order valence-corrected chi connectivity index (χ4v) is 1.04. The normalized spacial score (nSPS) is 16.8. The lowest BCUT2D eigenvalue weighted by atomic mass is 10.2. The number of aliphatic hydroxyl groups excluding tert-OH is 1. The number of nitrogens with two attached hydrogens (primary N) is 3. The van der Waals surface area contributed by atoms with E-state index < -0.39 is 24.1 Å². The van der Waals surface area contributed by atoms with Crippen LogP contribution < -0.4 is 17.2 Å². The highest BCUT2D eigenvalue weighted by atomic mass is 16.4. The van der Waals surface area contributed by atoms with Gasteiger partial charge < -0.3 is 26.7 Å². The van der Waals surface area contributed by atoms with Gasteiger partial charge in [0.15, 0.2) is 0 Å². The minimum absolute atomic E-state index is 0.0740. The van der Waals surface area contributed by atoms with Gasteiger partial charge in [-0.3, -0.25) is 4.79 Å². The first-order valence-corrected chi connectivity index (χ1v) is 4.72. The van der Waals surface area contributed by atoms with Crippen LogP contribution in [0.2, 0.25) is 0 Å². The Morgan fingerprint density at radius 1 is 1.44 bits per heavy atom. The van der Waals surface area contributed by atoms with Crippen LogP contribution in [0.5, 0.6) is 0 Å². The van der Waals surface area contributed by atoms with Crippen LogP contribution in [0.4, 0.5) is 0 Å². The summed E-state index contributed by atoms with van der Waals surface area (Å²) >= 11 is 0. The summed E-state index contributed by atoms with van der Waals surface area (Å²) in [6.45, 7) is 1.50. The number of hydrogen-bond acceptors (Lipinski definition) is 7. The average Bonchev–Trinajstić information content (AvgIpc) is 2.63. The Bertz CT molecular complexity index is 364. The van der Waals surface area contributed by atoms with Crippen molar-refractivity contribution in [1.29, 1.82) is 0 Å². The summed E-state index contributed by atoms with van der Waals surface area (Å²) < 4.78 is 5.13. The summed E-state index contributed by atoms with van der Waals surface area (Å²) in [6.07, 6.45) is -0.911. The minimum Gasteiger partial charge on any atom is -0.422 e. The molecule has 1 amide bonds. The van der Waals surface area contributed by atoms with Gasteiger partial charge in [-0.05, 0) is 6.92 Å². The topological polar surface area (TPSA) is 154 Å². The smallest absolute Gasteiger partial charge is 0.235 e. The van der Waals surface area contributed by atoms with E-state index in [9.17, 15) is 9.90 Å². The average molecular weight is 229 g/mol. The van der Waals surface area contributed by atoms with Gasteiger partial charge in [-0.15, -0.1) is 10.2 Å². The molecule has 16 heavy (non-hydrogen) atoms. The van der Waals surface area contributed by atoms with Gasteiger partial charge in [-0.1, -0.05) is 0 Å². The molecule has 0 spiro atoms. The number of amides is 1. The zero-order chi connectivity index (χ0) is 12.3. The number of primary amides is 1. The molecule has 0 saturated heterocycles. The van der Waals surface area contributed by atoms with Crippen LogP contribution in [-0.2, 0) is 4.79 Å². The molecule has 1 unspecified atom stereocenters. The Balaban J connectivity index is 2.74. The molecule has 1 heterocycles. The zero-order valence-corrected chi connectivity index (χ0v) is 8.83. The second kappa shape index (κ2) is 5.01. The predicted octanol–water partition coefficient (Wildman–Crippen LogP) is -1.67. The number of rotatable bonds is 5. The molecule has 1 rings (SSSR count). The third-order valence-electron chi connectivity index (χ3n) is 2.00. The van der Waals surface area contributed by atoms with Crippen LogP contribution in [0.15, 0.2) is 4.42 Å². The molecule has 0 fully saturated rings. The minimum atomic E-state index is -0.819. The van der Waals surface area contributed by atoms with Crippen molar-refractivity contribution < 1.29 is 14.3 Å². The number of carbonyl (C=O) groups is 1. The van der Waals surface area contributed by atoms with E-state index in [1.165, 1.54) is 6.92 Å². The van der Waals surface area contributed by atoms with E-state index >= 15 is 0 Å². The van der Waals surface area contributed by atoms with E-state index in [1.54, 1.807) is 0 Å². The van der Waals surface area contributed by atoms with E-state index in [1.807, 2.05) is 0 Å². The standard InChI is InChI=1S/C8H15N5O3/c1-3(14)6(11)8-13-12-7(16-8)4(9)2-5(10)15/h3-4,6,14H,2,9,11H2,1H3,(H2,10,15)/t3?,4-,6-/m1/s1. The Hall–Kier alpha value is -1.51. The van der Waals surface area contributed by atoms with Gasteiger partial charge >= 0.3 is 0 Å². The molecule has 7 N–H and O–H groups in total. The quantitative estimate of drug-likeness (QED) is 0.470. The monoisotopic (exact) mass is 229 g/mol. The lowest BCUT2D eigenvalue weighted by Crippen LogP contribution is -2.23. The molecule has 8 heteroatoms. The Morgan fingerprint density at radius 2 is 2.00 bits per heavy atom. The van der Waals surface area contributed by atoms with Crippen molar-refractivity contribution in [2.24, 2.45) is 17.2 Å². The van der Waals surface area contributed by atoms with Gasteiger partial charge in [0.05, 0.1) is 18.6 Å². The lowest BCUT2D eigenvalue weighted by molar-refractivity contribution is -0.118. The van der Waals surface area contributed by atoms with Gasteiger partial charge in [0, 0.05) is 0 Å². The molecule has 90 valence electrons. The van der Waals surface area contributed by atoms with Crippen molar-refractivity contribution in [2.45, 2.75) is 31.5 Å². The highest BCUT2D eigenvalue weighted by Crippen LogP contribution is 2.17. The maximum atomic E-state index is 10.6. The number of carbonyl (C=O) groups excluding carboxylic acids is 1. The number of hydrogen-bond donors (Lipinski definition) is 4. The van der Waals surface area contributed by atoms with Crippen LogP contribution >= 0.6 is 0 Å². The van der Waals surface area contributed by atoms with Crippen molar-refractivity contribution in [1.82, 2.24) is 10.2 Å². The van der Waals surface area contributed by atoms with Crippen LogP contribution in [0.1, 0.15) is 37.2 Å². The first-order chi connectivity index (χ1) is 7.41. The van der Waals surface area contributed by atoms with Gasteiger partial charge in [0.2, 0.25) is 17.7 Å². The molecular weight excluding hydrogens is 214 g/mol. The van der Waals surface area contributed by atoms with E-state index in [2.05, 4.69) is 10.2 Å². The van der Waals surface area contributed by atoms with Gasteiger partial charge in [-0.25, -0.2) is 0 Å². The van der Waals surface area contributed by atoms with Gasteiger partial charge in [-0.2, -0.15) is 0 Å². The Morgan fingerprint density at radius 3 is 2.50 bits per heavy atom. The molecule has 1 aromatic rings. The third kappa shape index (κ3) is 2.99. The molecule has 1 aromatic heterocycles. The van der Waals surface area contributed by atoms with E-state index in [0.717, 1.165) is 0 Å². The zero-order valence-electron chi connectivity index (χ0n) is 8.83. The predicted molar refractivity (Wildman–Crippen MR) is 53.6 cm³/mol. The number of aliphatic hydroxyl groups is 1. The molecule has 0 radical (unpaired) electrons. The van der Waals surface area contributed by atoms with Crippen molar-refractivity contribution in [3.63, 3.8) is 0 Å². The Labute approximate surface area is 91.8 Å². The first kappa shape index (κ1) is 12.6. The maximum Gasteiger partial charge on any atom is 0.235 e. The second-order valence-corrected chi connectivity index (χ2v) is 3.52. The molecule has 8 nitrogen and oxygen atoms in total. The van der Waals surface area contributed by atoms with Crippen LogP contribution in [0.25, 0.3) is 0 Å². The van der Waals surface area contributed by atoms with E-state index in [4.69, 9.17) is 21.6 Å². The van der Waals surface area contributed by atoms with Crippen molar-refractivity contribution in [3.8, 4) is 0 Å². The molecule has 0 bridgehead atoms. The summed E-state index contributed by atoms with van der Waals surface area (Å²) in [7, 11) is 0. The van der Waals surface area contributed by atoms with Crippen molar-refractivity contribution in [3.05, 3.63) is 11.8 Å². The second-order valence-electron chi connectivity index (χ2n) is 3.52. The Kier molecular flexibility index (Phi) is 3.93. The van der Waals surface area contributed by atoms with Crippen molar-refractivity contribution in [2.75, 3.05) is 0 Å².